The molecule has 5 heteroatoms. The standard InChI is InChI=1S/C13H25NO3S/c1-16-8-4-9-18-10-6-11-5-3-7-13(11,14)12(15)17-2/h11H,3-10,14H2,1-2H3. The molecule has 4 nitrogen and oxygen atoms in total. The van der Waals surface area contributed by atoms with Gasteiger partial charge in [0.1, 0.15) is 5.54 Å². The molecule has 0 heterocycles. The zero-order valence-corrected chi connectivity index (χ0v) is 12.3. The second kappa shape index (κ2) is 8.02. The van der Waals surface area contributed by atoms with Crippen LogP contribution in [0.5, 0.6) is 0 Å². The van der Waals surface area contributed by atoms with Gasteiger partial charge in [0.05, 0.1) is 7.11 Å². The molecule has 0 aromatic rings. The maximum atomic E-state index is 11.7. The van der Waals surface area contributed by atoms with E-state index in [0.717, 1.165) is 50.2 Å². The molecule has 0 saturated heterocycles. The van der Waals surface area contributed by atoms with Crippen LogP contribution >= 0.6 is 11.8 Å². The number of methoxy groups -OCH3 is 2. The molecule has 1 fully saturated rings. The van der Waals surface area contributed by atoms with Gasteiger partial charge in [-0.05, 0) is 43.1 Å². The molecule has 18 heavy (non-hydrogen) atoms. The first kappa shape index (κ1) is 15.8. The fourth-order valence-corrected chi connectivity index (χ4v) is 3.57. The third-order valence-corrected chi connectivity index (χ3v) is 4.79. The van der Waals surface area contributed by atoms with E-state index in [4.69, 9.17) is 15.2 Å². The number of nitrogens with two attached hydrogens (primary N) is 1. The highest BCUT2D eigenvalue weighted by atomic mass is 32.2. The minimum absolute atomic E-state index is 0.241. The Morgan fingerprint density at radius 1 is 1.44 bits per heavy atom. The topological polar surface area (TPSA) is 61.5 Å². The number of esters is 1. The summed E-state index contributed by atoms with van der Waals surface area (Å²) in [6.45, 7) is 0.819. The molecule has 106 valence electrons. The van der Waals surface area contributed by atoms with Crippen LogP contribution in [0.3, 0.4) is 0 Å². The number of rotatable bonds is 8. The minimum atomic E-state index is -0.734. The van der Waals surface area contributed by atoms with E-state index in [0.29, 0.717) is 0 Å². The lowest BCUT2D eigenvalue weighted by Crippen LogP contribution is -2.51. The molecular weight excluding hydrogens is 250 g/mol. The summed E-state index contributed by atoms with van der Waals surface area (Å²) >= 11 is 1.91. The van der Waals surface area contributed by atoms with E-state index < -0.39 is 5.54 Å². The molecule has 0 radical (unpaired) electrons. The number of hydrogen-bond acceptors (Lipinski definition) is 5. The maximum Gasteiger partial charge on any atom is 0.326 e. The van der Waals surface area contributed by atoms with Gasteiger partial charge in [0.25, 0.3) is 0 Å². The minimum Gasteiger partial charge on any atom is -0.468 e. The summed E-state index contributed by atoms with van der Waals surface area (Å²) in [6, 6.07) is 0. The van der Waals surface area contributed by atoms with Crippen LogP contribution in [0, 0.1) is 5.92 Å². The number of carbonyl (C=O) groups excluding carboxylic acids is 1. The van der Waals surface area contributed by atoms with Gasteiger partial charge in [0.2, 0.25) is 0 Å². The molecule has 1 rings (SSSR count). The second-order valence-electron chi connectivity index (χ2n) is 4.87. The molecule has 0 aliphatic heterocycles. The molecule has 0 aromatic heterocycles. The molecule has 1 aliphatic rings. The van der Waals surface area contributed by atoms with Gasteiger partial charge in [0.15, 0.2) is 0 Å². The first-order valence-corrected chi connectivity index (χ1v) is 7.74. The summed E-state index contributed by atoms with van der Waals surface area (Å²) in [6.07, 6.45) is 4.92. The van der Waals surface area contributed by atoms with Crippen molar-refractivity contribution in [3.05, 3.63) is 0 Å². The van der Waals surface area contributed by atoms with Gasteiger partial charge in [-0.25, -0.2) is 0 Å². The van der Waals surface area contributed by atoms with Crippen LogP contribution < -0.4 is 5.73 Å². The normalized spacial score (nSPS) is 27.4. The fourth-order valence-electron chi connectivity index (χ4n) is 2.60. The molecule has 0 spiro atoms. The lowest BCUT2D eigenvalue weighted by Gasteiger charge is -2.28. The van der Waals surface area contributed by atoms with Crippen molar-refractivity contribution in [3.8, 4) is 0 Å². The van der Waals surface area contributed by atoms with Crippen molar-refractivity contribution in [3.63, 3.8) is 0 Å². The summed E-state index contributed by atoms with van der Waals surface area (Å²) in [5, 5.41) is 0. The summed E-state index contributed by atoms with van der Waals surface area (Å²) in [7, 11) is 3.15. The van der Waals surface area contributed by atoms with Crippen molar-refractivity contribution < 1.29 is 14.3 Å². The van der Waals surface area contributed by atoms with Gasteiger partial charge >= 0.3 is 5.97 Å². The van der Waals surface area contributed by atoms with Gasteiger partial charge in [-0.15, -0.1) is 0 Å². The van der Waals surface area contributed by atoms with Crippen LogP contribution in [-0.2, 0) is 14.3 Å². The Morgan fingerprint density at radius 2 is 2.22 bits per heavy atom. The van der Waals surface area contributed by atoms with Crippen LogP contribution in [0.25, 0.3) is 0 Å². The Kier molecular flexibility index (Phi) is 7.04. The molecule has 1 saturated carbocycles. The van der Waals surface area contributed by atoms with E-state index in [1.165, 1.54) is 7.11 Å². The average molecular weight is 275 g/mol. The number of hydrogen-bond donors (Lipinski definition) is 1. The van der Waals surface area contributed by atoms with Crippen molar-refractivity contribution in [2.75, 3.05) is 32.3 Å². The van der Waals surface area contributed by atoms with Gasteiger partial charge in [-0.3, -0.25) is 4.79 Å². The van der Waals surface area contributed by atoms with Crippen molar-refractivity contribution in [2.24, 2.45) is 11.7 Å². The summed E-state index contributed by atoms with van der Waals surface area (Å²) in [4.78, 5) is 11.7. The Bertz CT molecular complexity index is 263. The quantitative estimate of drug-likeness (QED) is 0.541. The highest BCUT2D eigenvalue weighted by Gasteiger charge is 2.46. The lowest BCUT2D eigenvalue weighted by atomic mass is 9.86. The van der Waals surface area contributed by atoms with E-state index in [1.807, 2.05) is 11.8 Å². The molecular formula is C13H25NO3S. The molecule has 2 unspecified atom stereocenters. The molecule has 0 aromatic carbocycles. The summed E-state index contributed by atoms with van der Waals surface area (Å²) in [5.41, 5.74) is 5.48. The monoisotopic (exact) mass is 275 g/mol. The number of carbonyl (C=O) groups is 1. The van der Waals surface area contributed by atoms with Gasteiger partial charge in [0, 0.05) is 13.7 Å². The largest absolute Gasteiger partial charge is 0.468 e. The first-order chi connectivity index (χ1) is 8.65. The third-order valence-electron chi connectivity index (χ3n) is 3.68. The van der Waals surface area contributed by atoms with E-state index in [2.05, 4.69) is 0 Å². The molecule has 0 amide bonds. The average Bonchev–Trinajstić information content (AvgIpc) is 2.75. The van der Waals surface area contributed by atoms with Gasteiger partial charge in [-0.1, -0.05) is 6.42 Å². The molecule has 0 bridgehead atoms. The Balaban J connectivity index is 2.26. The highest BCUT2D eigenvalue weighted by molar-refractivity contribution is 7.99. The Labute approximate surface area is 114 Å². The van der Waals surface area contributed by atoms with E-state index in [9.17, 15) is 4.79 Å². The van der Waals surface area contributed by atoms with E-state index >= 15 is 0 Å². The van der Waals surface area contributed by atoms with Crippen molar-refractivity contribution in [2.45, 2.75) is 37.6 Å². The molecule has 2 N–H and O–H groups in total. The van der Waals surface area contributed by atoms with Crippen molar-refractivity contribution in [1.29, 1.82) is 0 Å². The highest BCUT2D eigenvalue weighted by Crippen LogP contribution is 2.37. The van der Waals surface area contributed by atoms with Crippen LogP contribution in [0.4, 0.5) is 0 Å². The summed E-state index contributed by atoms with van der Waals surface area (Å²) < 4.78 is 9.85. The van der Waals surface area contributed by atoms with Crippen LogP contribution in [0.15, 0.2) is 0 Å². The van der Waals surface area contributed by atoms with Crippen molar-refractivity contribution in [1.82, 2.24) is 0 Å². The maximum absolute atomic E-state index is 11.7. The molecule has 1 aliphatic carbocycles. The van der Waals surface area contributed by atoms with Gasteiger partial charge in [-0.2, -0.15) is 11.8 Å². The zero-order chi connectivity index (χ0) is 13.4. The smallest absolute Gasteiger partial charge is 0.326 e. The SMILES string of the molecule is COCCCSCCC1CCCC1(N)C(=O)OC. The van der Waals surface area contributed by atoms with Gasteiger partial charge < -0.3 is 15.2 Å². The lowest BCUT2D eigenvalue weighted by molar-refractivity contribution is -0.148. The summed E-state index contributed by atoms with van der Waals surface area (Å²) in [5.74, 6) is 2.20. The van der Waals surface area contributed by atoms with E-state index in [-0.39, 0.29) is 11.9 Å². The van der Waals surface area contributed by atoms with Crippen molar-refractivity contribution >= 4 is 17.7 Å². The third kappa shape index (κ3) is 4.14. The first-order valence-electron chi connectivity index (χ1n) is 6.59. The van der Waals surface area contributed by atoms with Crippen LogP contribution in [0.1, 0.15) is 32.1 Å². The van der Waals surface area contributed by atoms with E-state index in [1.54, 1.807) is 7.11 Å². The Hall–Kier alpha value is -0.260. The predicted octanol–water partition coefficient (Wildman–Crippen LogP) is 1.82. The number of ether oxygens (including phenoxy) is 2. The zero-order valence-electron chi connectivity index (χ0n) is 11.4. The second-order valence-corrected chi connectivity index (χ2v) is 6.09. The van der Waals surface area contributed by atoms with Crippen LogP contribution in [-0.4, -0.2) is 43.8 Å². The number of thioether (sulfide) groups is 1. The van der Waals surface area contributed by atoms with Crippen LogP contribution in [0.2, 0.25) is 0 Å². The molecule has 2 atom stereocenters. The fraction of sp³-hybridized carbons (Fsp3) is 0.923. The Morgan fingerprint density at radius 3 is 2.89 bits per heavy atom. The predicted molar refractivity (Wildman–Crippen MR) is 74.7 cm³/mol.